The fraction of sp³-hybridized carbons (Fsp3) is 0.533. The highest BCUT2D eigenvalue weighted by Crippen LogP contribution is 2.15. The molecule has 1 fully saturated rings. The molecule has 5 N–H and O–H groups in total. The molecule has 116 valence electrons. The fourth-order valence-electron chi connectivity index (χ4n) is 2.53. The van der Waals surface area contributed by atoms with E-state index >= 15 is 0 Å². The number of benzene rings is 1. The predicted molar refractivity (Wildman–Crippen MR) is 80.7 cm³/mol. The Bertz CT molecular complexity index is 471. The van der Waals surface area contributed by atoms with Crippen LogP contribution in [0.25, 0.3) is 0 Å². The number of β-amino-alcohol motifs (C(OH)–C–C–N with tert-alkyl or cyclic N) is 2. The highest BCUT2D eigenvalue weighted by atomic mass is 16.3. The summed E-state index contributed by atoms with van der Waals surface area (Å²) in [4.78, 5) is 13.9. The van der Waals surface area contributed by atoms with E-state index in [0.29, 0.717) is 39.0 Å². The van der Waals surface area contributed by atoms with Crippen LogP contribution in [0.1, 0.15) is 18.4 Å². The van der Waals surface area contributed by atoms with E-state index in [0.717, 1.165) is 11.3 Å². The van der Waals surface area contributed by atoms with Crippen LogP contribution in [0.3, 0.4) is 0 Å². The maximum atomic E-state index is 11.9. The lowest BCUT2D eigenvalue weighted by atomic mass is 10.1. The van der Waals surface area contributed by atoms with Crippen molar-refractivity contribution in [1.82, 2.24) is 4.90 Å². The third-order valence-electron chi connectivity index (χ3n) is 3.72. The summed E-state index contributed by atoms with van der Waals surface area (Å²) in [5, 5.41) is 21.8. The quantitative estimate of drug-likeness (QED) is 0.587. The summed E-state index contributed by atoms with van der Waals surface area (Å²) in [6, 6.07) is 7.49. The molecule has 0 aliphatic carbocycles. The summed E-state index contributed by atoms with van der Waals surface area (Å²) in [5.41, 5.74) is 7.30. The van der Waals surface area contributed by atoms with Gasteiger partial charge in [0.05, 0.1) is 12.2 Å². The van der Waals surface area contributed by atoms with Gasteiger partial charge in [-0.2, -0.15) is 0 Å². The van der Waals surface area contributed by atoms with Crippen molar-refractivity contribution in [3.63, 3.8) is 0 Å². The molecule has 2 atom stereocenters. The molecule has 0 spiro atoms. The molecule has 0 aromatic heterocycles. The number of nitrogens with two attached hydrogens (primary N) is 1. The van der Waals surface area contributed by atoms with Crippen LogP contribution < -0.4 is 11.1 Å². The van der Waals surface area contributed by atoms with Gasteiger partial charge in [0.2, 0.25) is 5.91 Å². The molecule has 1 amide bonds. The maximum Gasteiger partial charge on any atom is 0.224 e. The molecule has 21 heavy (non-hydrogen) atoms. The van der Waals surface area contributed by atoms with Gasteiger partial charge in [0.1, 0.15) is 0 Å². The highest BCUT2D eigenvalue weighted by molar-refractivity contribution is 5.91. The average Bonchev–Trinajstić information content (AvgIpc) is 2.78. The lowest BCUT2D eigenvalue weighted by Crippen LogP contribution is -2.24. The van der Waals surface area contributed by atoms with Gasteiger partial charge < -0.3 is 21.3 Å². The van der Waals surface area contributed by atoms with Crippen molar-refractivity contribution < 1.29 is 15.0 Å². The van der Waals surface area contributed by atoms with Crippen LogP contribution in [0, 0.1) is 0 Å². The number of carbonyl (C=O) groups excluding carboxylic acids is 1. The molecule has 1 aromatic carbocycles. The highest BCUT2D eigenvalue weighted by Gasteiger charge is 2.28. The summed E-state index contributed by atoms with van der Waals surface area (Å²) in [7, 11) is 0. The van der Waals surface area contributed by atoms with Crippen molar-refractivity contribution in [2.45, 2.75) is 31.6 Å². The van der Waals surface area contributed by atoms with Gasteiger partial charge >= 0.3 is 0 Å². The molecule has 1 aliphatic rings. The molecular formula is C15H23N3O3. The minimum Gasteiger partial charge on any atom is -0.389 e. The fourth-order valence-corrected chi connectivity index (χ4v) is 2.53. The third-order valence-corrected chi connectivity index (χ3v) is 3.72. The number of hydrogen-bond acceptors (Lipinski definition) is 5. The zero-order valence-corrected chi connectivity index (χ0v) is 12.0. The van der Waals surface area contributed by atoms with Gasteiger partial charge in [0.15, 0.2) is 0 Å². The number of likely N-dealkylation sites (tertiary alicyclic amines) is 1. The van der Waals surface area contributed by atoms with E-state index in [4.69, 9.17) is 5.73 Å². The van der Waals surface area contributed by atoms with Crippen LogP contribution >= 0.6 is 0 Å². The number of nitrogens with zero attached hydrogens (tertiary/aromatic N) is 1. The van der Waals surface area contributed by atoms with Gasteiger partial charge in [-0.05, 0) is 24.6 Å². The van der Waals surface area contributed by atoms with Crippen molar-refractivity contribution >= 4 is 11.6 Å². The first-order chi connectivity index (χ1) is 10.1. The van der Waals surface area contributed by atoms with E-state index < -0.39 is 12.2 Å². The number of aliphatic hydroxyl groups is 2. The molecule has 0 bridgehead atoms. The Morgan fingerprint density at radius 1 is 1.29 bits per heavy atom. The van der Waals surface area contributed by atoms with Crippen molar-refractivity contribution in [2.24, 2.45) is 5.73 Å². The normalized spacial score (nSPS) is 22.4. The number of para-hydroxylation sites is 1. The molecule has 0 radical (unpaired) electrons. The van der Waals surface area contributed by atoms with E-state index in [1.807, 2.05) is 29.2 Å². The first-order valence-corrected chi connectivity index (χ1v) is 7.26. The van der Waals surface area contributed by atoms with Crippen molar-refractivity contribution in [3.8, 4) is 0 Å². The molecule has 1 aromatic rings. The smallest absolute Gasteiger partial charge is 0.224 e. The van der Waals surface area contributed by atoms with Gasteiger partial charge in [-0.15, -0.1) is 0 Å². The Morgan fingerprint density at radius 2 is 1.95 bits per heavy atom. The van der Waals surface area contributed by atoms with Gasteiger partial charge in [-0.3, -0.25) is 9.69 Å². The second kappa shape index (κ2) is 7.51. The molecule has 6 nitrogen and oxygen atoms in total. The SMILES string of the molecule is NCc1ccccc1NC(=O)CCCN1CC(O)C(O)C1. The first-order valence-electron chi connectivity index (χ1n) is 7.26. The van der Waals surface area contributed by atoms with E-state index in [-0.39, 0.29) is 5.91 Å². The number of carbonyl (C=O) groups is 1. The van der Waals surface area contributed by atoms with Crippen molar-refractivity contribution in [2.75, 3.05) is 25.0 Å². The maximum absolute atomic E-state index is 11.9. The lowest BCUT2D eigenvalue weighted by Gasteiger charge is -2.14. The van der Waals surface area contributed by atoms with Crippen molar-refractivity contribution in [3.05, 3.63) is 29.8 Å². The van der Waals surface area contributed by atoms with Crippen LogP contribution in [-0.2, 0) is 11.3 Å². The number of hydrogen-bond donors (Lipinski definition) is 4. The van der Waals surface area contributed by atoms with E-state index in [1.54, 1.807) is 0 Å². The second-order valence-corrected chi connectivity index (χ2v) is 5.41. The molecule has 1 aliphatic heterocycles. The minimum atomic E-state index is -0.671. The monoisotopic (exact) mass is 293 g/mol. The van der Waals surface area contributed by atoms with Gasteiger partial charge in [-0.25, -0.2) is 0 Å². The van der Waals surface area contributed by atoms with Crippen LogP contribution in [0.15, 0.2) is 24.3 Å². The summed E-state index contributed by atoms with van der Waals surface area (Å²) in [6.45, 7) is 2.03. The van der Waals surface area contributed by atoms with Gasteiger partial charge in [0, 0.05) is 31.7 Å². The molecular weight excluding hydrogens is 270 g/mol. The molecule has 1 heterocycles. The van der Waals surface area contributed by atoms with Crippen LogP contribution in [0.4, 0.5) is 5.69 Å². The number of anilines is 1. The summed E-state index contributed by atoms with van der Waals surface area (Å²) < 4.78 is 0. The summed E-state index contributed by atoms with van der Waals surface area (Å²) in [6.07, 6.45) is -0.247. The van der Waals surface area contributed by atoms with Crippen molar-refractivity contribution in [1.29, 1.82) is 0 Å². The Labute approximate surface area is 124 Å². The lowest BCUT2D eigenvalue weighted by molar-refractivity contribution is -0.116. The number of rotatable bonds is 6. The van der Waals surface area contributed by atoms with E-state index in [2.05, 4.69) is 5.32 Å². The number of amides is 1. The summed E-state index contributed by atoms with van der Waals surface area (Å²) >= 11 is 0. The zero-order valence-electron chi connectivity index (χ0n) is 12.0. The standard InChI is InChI=1S/C15H23N3O3/c16-8-11-4-1-2-5-12(11)17-15(21)6-3-7-18-9-13(19)14(20)10-18/h1-2,4-5,13-14,19-20H,3,6-10,16H2,(H,17,21). The molecule has 2 rings (SSSR count). The molecule has 2 unspecified atom stereocenters. The Balaban J connectivity index is 1.73. The van der Waals surface area contributed by atoms with Crippen LogP contribution in [0.5, 0.6) is 0 Å². The number of aliphatic hydroxyl groups excluding tert-OH is 2. The van der Waals surface area contributed by atoms with E-state index in [9.17, 15) is 15.0 Å². The average molecular weight is 293 g/mol. The largest absolute Gasteiger partial charge is 0.389 e. The Kier molecular flexibility index (Phi) is 5.69. The van der Waals surface area contributed by atoms with Gasteiger partial charge in [0.25, 0.3) is 0 Å². The Hall–Kier alpha value is -1.47. The topological polar surface area (TPSA) is 98.8 Å². The molecule has 1 saturated heterocycles. The minimum absolute atomic E-state index is 0.0452. The first kappa shape index (κ1) is 15.9. The predicted octanol–water partition coefficient (Wildman–Crippen LogP) is -0.0986. The third kappa shape index (κ3) is 4.50. The van der Waals surface area contributed by atoms with E-state index in [1.165, 1.54) is 0 Å². The van der Waals surface area contributed by atoms with Crippen LogP contribution in [-0.4, -0.2) is 52.9 Å². The number of nitrogens with one attached hydrogen (secondary N) is 1. The molecule has 6 heteroatoms. The molecule has 0 saturated carbocycles. The van der Waals surface area contributed by atoms with Gasteiger partial charge in [-0.1, -0.05) is 18.2 Å². The second-order valence-electron chi connectivity index (χ2n) is 5.41. The Morgan fingerprint density at radius 3 is 2.62 bits per heavy atom. The van der Waals surface area contributed by atoms with Crippen LogP contribution in [0.2, 0.25) is 0 Å². The summed E-state index contributed by atoms with van der Waals surface area (Å²) in [5.74, 6) is -0.0452. The zero-order chi connectivity index (χ0) is 15.2.